The normalized spacial score (nSPS) is 13.1. The highest BCUT2D eigenvalue weighted by Gasteiger charge is 2.30. The molecular formula is C32H34ClN3O2S. The number of carbonyl (C=O) groups is 1. The molecule has 0 saturated heterocycles. The van der Waals surface area contributed by atoms with Crippen LogP contribution in [-0.2, 0) is 16.6 Å². The van der Waals surface area contributed by atoms with Gasteiger partial charge in [0.15, 0.2) is 5.78 Å². The number of nitrogens with zero attached hydrogens (tertiary/aromatic N) is 3. The first kappa shape index (κ1) is 27.5. The maximum atomic E-state index is 13.0. The first-order valence-corrected chi connectivity index (χ1v) is 14.4. The van der Waals surface area contributed by atoms with Crippen LogP contribution in [0.15, 0.2) is 48.5 Å². The zero-order valence-corrected chi connectivity index (χ0v) is 25.3. The van der Waals surface area contributed by atoms with Crippen molar-refractivity contribution in [2.45, 2.75) is 66.1 Å². The molecule has 202 valence electrons. The van der Waals surface area contributed by atoms with Crippen LogP contribution in [0.1, 0.15) is 70.5 Å². The smallest absolute Gasteiger partial charge is 0.163 e. The average molecular weight is 560 g/mol. The maximum Gasteiger partial charge on any atom is 0.163 e. The summed E-state index contributed by atoms with van der Waals surface area (Å²) in [4.78, 5) is 23.0. The number of rotatable bonds is 6. The van der Waals surface area contributed by atoms with Crippen LogP contribution in [0, 0.1) is 6.92 Å². The molecule has 0 fully saturated rings. The van der Waals surface area contributed by atoms with Crippen LogP contribution in [-0.4, -0.2) is 25.9 Å². The highest BCUT2D eigenvalue weighted by atomic mass is 35.5. The van der Waals surface area contributed by atoms with E-state index in [1.165, 1.54) is 0 Å². The lowest BCUT2D eigenvalue weighted by atomic mass is 9.90. The van der Waals surface area contributed by atoms with Crippen molar-refractivity contribution in [2.24, 2.45) is 7.05 Å². The van der Waals surface area contributed by atoms with Gasteiger partial charge in [-0.25, -0.2) is 9.97 Å². The first-order chi connectivity index (χ1) is 18.3. The first-order valence-electron chi connectivity index (χ1n) is 13.2. The van der Waals surface area contributed by atoms with Gasteiger partial charge in [-0.3, -0.25) is 4.79 Å². The number of hydrogen-bond donors (Lipinski definition) is 0. The van der Waals surface area contributed by atoms with E-state index >= 15 is 0 Å². The number of hydrogen-bond acceptors (Lipinski definition) is 5. The van der Waals surface area contributed by atoms with Crippen molar-refractivity contribution >= 4 is 50.0 Å². The molecule has 0 bridgehead atoms. The Bertz CT molecular complexity index is 1710. The Morgan fingerprint density at radius 2 is 1.67 bits per heavy atom. The standard InChI is InChI=1S/C32H34ClN3O2S/c1-17(2)30-34-23-16-21(11-14-25(23)36(30)8)31-35-24-15-18(3)26(28(19(4)37)38-32(5,6)7)27(29(24)39-31)20-9-12-22(33)13-10-20/h9-17,28H,1-8H3/t28-/m1/s1. The summed E-state index contributed by atoms with van der Waals surface area (Å²) in [5, 5.41) is 1.57. The van der Waals surface area contributed by atoms with Gasteiger partial charge in [0.05, 0.1) is 26.9 Å². The molecule has 0 amide bonds. The number of aromatic nitrogens is 3. The fourth-order valence-corrected chi connectivity index (χ4v) is 6.39. The van der Waals surface area contributed by atoms with Gasteiger partial charge in [0.25, 0.3) is 0 Å². The molecule has 0 unspecified atom stereocenters. The van der Waals surface area contributed by atoms with Gasteiger partial charge in [0, 0.05) is 34.7 Å². The lowest BCUT2D eigenvalue weighted by Crippen LogP contribution is -2.27. The molecule has 0 radical (unpaired) electrons. The number of Topliss-reactive ketones (excluding diaryl/α,β-unsaturated/α-hetero) is 1. The zero-order chi connectivity index (χ0) is 28.2. The summed E-state index contributed by atoms with van der Waals surface area (Å²) in [6.07, 6.45) is -0.704. The fourth-order valence-electron chi connectivity index (χ4n) is 5.14. The summed E-state index contributed by atoms with van der Waals surface area (Å²) in [7, 11) is 2.07. The van der Waals surface area contributed by atoms with Crippen molar-refractivity contribution in [3.05, 3.63) is 70.5 Å². The highest BCUT2D eigenvalue weighted by molar-refractivity contribution is 7.22. The van der Waals surface area contributed by atoms with Gasteiger partial charge in [0.2, 0.25) is 0 Å². The summed E-state index contributed by atoms with van der Waals surface area (Å²) >= 11 is 7.88. The molecule has 0 aliphatic rings. The van der Waals surface area contributed by atoms with Crippen LogP contribution >= 0.6 is 22.9 Å². The van der Waals surface area contributed by atoms with E-state index in [1.54, 1.807) is 18.3 Å². The Morgan fingerprint density at radius 3 is 2.28 bits per heavy atom. The minimum absolute atomic E-state index is 0.0334. The van der Waals surface area contributed by atoms with Crippen LogP contribution in [0.3, 0.4) is 0 Å². The highest BCUT2D eigenvalue weighted by Crippen LogP contribution is 2.44. The lowest BCUT2D eigenvalue weighted by molar-refractivity contribution is -0.138. The van der Waals surface area contributed by atoms with Crippen LogP contribution in [0.2, 0.25) is 5.02 Å². The van der Waals surface area contributed by atoms with Crippen molar-refractivity contribution < 1.29 is 9.53 Å². The molecule has 7 heteroatoms. The predicted molar refractivity (Wildman–Crippen MR) is 163 cm³/mol. The third kappa shape index (κ3) is 5.25. The molecule has 0 aliphatic carbocycles. The molecular weight excluding hydrogens is 526 g/mol. The van der Waals surface area contributed by atoms with Crippen molar-refractivity contribution in [1.82, 2.24) is 14.5 Å². The minimum Gasteiger partial charge on any atom is -0.360 e. The number of aryl methyl sites for hydroxylation is 2. The Labute approximate surface area is 238 Å². The number of fused-ring (bicyclic) bond motifs is 2. The van der Waals surface area contributed by atoms with Gasteiger partial charge in [-0.15, -0.1) is 11.3 Å². The van der Waals surface area contributed by atoms with E-state index in [9.17, 15) is 4.79 Å². The number of thiazole rings is 1. The van der Waals surface area contributed by atoms with Gasteiger partial charge >= 0.3 is 0 Å². The third-order valence-electron chi connectivity index (χ3n) is 6.84. The fraction of sp³-hybridized carbons (Fsp3) is 0.344. The largest absolute Gasteiger partial charge is 0.360 e. The summed E-state index contributed by atoms with van der Waals surface area (Å²) < 4.78 is 9.55. The van der Waals surface area contributed by atoms with Crippen LogP contribution in [0.4, 0.5) is 0 Å². The summed E-state index contributed by atoms with van der Waals surface area (Å²) in [6.45, 7) is 13.9. The zero-order valence-electron chi connectivity index (χ0n) is 23.7. The molecule has 0 aliphatic heterocycles. The van der Waals surface area contributed by atoms with Gasteiger partial charge in [-0.05, 0) is 82.1 Å². The van der Waals surface area contributed by atoms with E-state index in [2.05, 4.69) is 49.7 Å². The maximum absolute atomic E-state index is 13.0. The van der Waals surface area contributed by atoms with Gasteiger partial charge < -0.3 is 9.30 Å². The van der Waals surface area contributed by atoms with Crippen molar-refractivity contribution in [3.63, 3.8) is 0 Å². The number of ether oxygens (including phenoxy) is 1. The number of halogens is 1. The number of benzene rings is 3. The Balaban J connectivity index is 1.76. The molecule has 2 aromatic heterocycles. The van der Waals surface area contributed by atoms with Crippen LogP contribution in [0.25, 0.3) is 42.9 Å². The van der Waals surface area contributed by atoms with Gasteiger partial charge in [-0.1, -0.05) is 37.6 Å². The van der Waals surface area contributed by atoms with Gasteiger partial charge in [-0.2, -0.15) is 0 Å². The minimum atomic E-state index is -0.704. The molecule has 5 nitrogen and oxygen atoms in total. The number of imidazole rings is 1. The van der Waals surface area contributed by atoms with E-state index in [0.29, 0.717) is 10.9 Å². The van der Waals surface area contributed by atoms with E-state index in [1.807, 2.05) is 52.0 Å². The average Bonchev–Trinajstić information content (AvgIpc) is 3.42. The van der Waals surface area contributed by atoms with E-state index in [4.69, 9.17) is 26.3 Å². The molecule has 5 rings (SSSR count). The molecule has 1 atom stereocenters. The molecule has 39 heavy (non-hydrogen) atoms. The van der Waals surface area contributed by atoms with E-state index in [-0.39, 0.29) is 5.78 Å². The predicted octanol–water partition coefficient (Wildman–Crippen LogP) is 9.05. The Morgan fingerprint density at radius 1 is 1.00 bits per heavy atom. The van der Waals surface area contributed by atoms with Crippen molar-refractivity contribution in [3.8, 4) is 21.7 Å². The second-order valence-electron chi connectivity index (χ2n) is 11.5. The number of ketones is 1. The quantitative estimate of drug-likeness (QED) is 0.208. The molecule has 0 saturated carbocycles. The van der Waals surface area contributed by atoms with E-state index < -0.39 is 11.7 Å². The molecule has 5 aromatic rings. The summed E-state index contributed by atoms with van der Waals surface area (Å²) in [5.41, 5.74) is 7.27. The van der Waals surface area contributed by atoms with E-state index in [0.717, 1.165) is 59.9 Å². The molecule has 0 spiro atoms. The lowest BCUT2D eigenvalue weighted by Gasteiger charge is -2.29. The molecule has 3 aromatic carbocycles. The topological polar surface area (TPSA) is 57.0 Å². The third-order valence-corrected chi connectivity index (χ3v) is 8.23. The second-order valence-corrected chi connectivity index (χ2v) is 12.9. The molecule has 2 heterocycles. The SMILES string of the molecule is CC(=O)[C@@H](OC(C)(C)C)c1c(C)cc2nc(-c3ccc4c(c3)nc(C(C)C)n4C)sc2c1-c1ccc(Cl)cc1. The van der Waals surface area contributed by atoms with Crippen molar-refractivity contribution in [2.75, 3.05) is 0 Å². The number of carbonyl (C=O) groups excluding carboxylic acids is 1. The Kier molecular flexibility index (Phi) is 7.17. The Hall–Kier alpha value is -3.06. The van der Waals surface area contributed by atoms with Crippen LogP contribution < -0.4 is 0 Å². The van der Waals surface area contributed by atoms with Crippen LogP contribution in [0.5, 0.6) is 0 Å². The second kappa shape index (κ2) is 10.2. The molecule has 0 N–H and O–H groups in total. The summed E-state index contributed by atoms with van der Waals surface area (Å²) in [6, 6.07) is 16.2. The van der Waals surface area contributed by atoms with Crippen molar-refractivity contribution in [1.29, 1.82) is 0 Å². The summed E-state index contributed by atoms with van der Waals surface area (Å²) in [5.74, 6) is 1.36. The van der Waals surface area contributed by atoms with Gasteiger partial charge in [0.1, 0.15) is 16.9 Å². The monoisotopic (exact) mass is 559 g/mol.